The number of nitrogens with one attached hydrogen (secondary N) is 2. The first-order valence-corrected chi connectivity index (χ1v) is 5.43. The van der Waals surface area contributed by atoms with Crippen molar-refractivity contribution in [2.45, 2.75) is 6.92 Å². The molecule has 0 unspecified atom stereocenters. The highest BCUT2D eigenvalue weighted by Crippen LogP contribution is 2.15. The van der Waals surface area contributed by atoms with Crippen LogP contribution in [0.4, 0.5) is 5.69 Å². The number of ether oxygens (including phenoxy) is 1. The molecule has 0 heterocycles. The summed E-state index contributed by atoms with van der Waals surface area (Å²) in [6, 6.07) is 7.46. The Bertz CT molecular complexity index is 385. The predicted molar refractivity (Wildman–Crippen MR) is 69.3 cm³/mol. The number of anilines is 1. The molecule has 0 atom stereocenters. The first kappa shape index (κ1) is 13.1. The summed E-state index contributed by atoms with van der Waals surface area (Å²) in [5.74, 6) is 0.742. The Balaban J connectivity index is 2.44. The van der Waals surface area contributed by atoms with Gasteiger partial charge in [-0.25, -0.2) is 0 Å². The Morgan fingerprint density at radius 2 is 2.00 bits per heavy atom. The largest absolute Gasteiger partial charge is 0.489 e. The molecule has 0 aliphatic carbocycles. The quantitative estimate of drug-likeness (QED) is 0.738. The van der Waals surface area contributed by atoms with E-state index in [2.05, 4.69) is 17.2 Å². The normalized spacial score (nSPS) is 9.53. The van der Waals surface area contributed by atoms with E-state index < -0.39 is 0 Å². The number of carbonyl (C=O) groups excluding carboxylic acids is 1. The van der Waals surface area contributed by atoms with Crippen molar-refractivity contribution in [2.24, 2.45) is 0 Å². The van der Waals surface area contributed by atoms with Crippen LogP contribution in [-0.2, 0) is 4.79 Å². The highest BCUT2D eigenvalue weighted by Gasteiger charge is 1.98. The molecule has 1 aromatic rings. The fourth-order valence-electron chi connectivity index (χ4n) is 1.15. The predicted octanol–water partition coefficient (Wildman–Crippen LogP) is 1.80. The van der Waals surface area contributed by atoms with Crippen LogP contribution >= 0.6 is 0 Å². The lowest BCUT2D eigenvalue weighted by atomic mass is 10.3. The van der Waals surface area contributed by atoms with E-state index in [0.717, 1.165) is 17.0 Å². The zero-order valence-electron chi connectivity index (χ0n) is 10.2. The maximum Gasteiger partial charge on any atom is 0.239 e. The molecule has 0 saturated carbocycles. The van der Waals surface area contributed by atoms with E-state index in [4.69, 9.17) is 4.74 Å². The van der Waals surface area contributed by atoms with E-state index >= 15 is 0 Å². The van der Waals surface area contributed by atoms with Gasteiger partial charge in [-0.1, -0.05) is 6.58 Å². The molecule has 0 spiro atoms. The van der Waals surface area contributed by atoms with E-state index in [-0.39, 0.29) is 12.5 Å². The van der Waals surface area contributed by atoms with Crippen LogP contribution in [0, 0.1) is 0 Å². The molecular formula is C13H18N2O2. The van der Waals surface area contributed by atoms with E-state index in [0.29, 0.717) is 6.61 Å². The Labute approximate surface area is 102 Å². The number of rotatable bonds is 6. The van der Waals surface area contributed by atoms with Gasteiger partial charge in [-0.2, -0.15) is 0 Å². The Morgan fingerprint density at radius 3 is 2.53 bits per heavy atom. The zero-order chi connectivity index (χ0) is 12.7. The fraction of sp³-hybridized carbons (Fsp3) is 0.308. The first-order valence-electron chi connectivity index (χ1n) is 5.43. The highest BCUT2D eigenvalue weighted by atomic mass is 16.5. The van der Waals surface area contributed by atoms with Crippen LogP contribution in [0.15, 0.2) is 36.4 Å². The number of benzene rings is 1. The third kappa shape index (κ3) is 5.06. The van der Waals surface area contributed by atoms with Gasteiger partial charge in [0.05, 0.1) is 6.54 Å². The molecule has 0 aliphatic rings. The van der Waals surface area contributed by atoms with Crippen LogP contribution in [0.5, 0.6) is 5.75 Å². The van der Waals surface area contributed by atoms with Crippen molar-refractivity contribution in [1.29, 1.82) is 0 Å². The van der Waals surface area contributed by atoms with E-state index in [1.54, 1.807) is 7.05 Å². The summed E-state index contributed by atoms with van der Waals surface area (Å²) in [4.78, 5) is 11.0. The molecular weight excluding hydrogens is 216 g/mol. The second-order valence-electron chi connectivity index (χ2n) is 3.80. The topological polar surface area (TPSA) is 50.4 Å². The Morgan fingerprint density at radius 1 is 1.35 bits per heavy atom. The molecule has 0 fully saturated rings. The van der Waals surface area contributed by atoms with Gasteiger partial charge >= 0.3 is 0 Å². The van der Waals surface area contributed by atoms with E-state index in [9.17, 15) is 4.79 Å². The van der Waals surface area contributed by atoms with Crippen LogP contribution in [-0.4, -0.2) is 26.1 Å². The summed E-state index contributed by atoms with van der Waals surface area (Å²) in [5, 5.41) is 5.55. The average Bonchev–Trinajstić information content (AvgIpc) is 2.34. The van der Waals surface area contributed by atoms with Crippen molar-refractivity contribution >= 4 is 11.6 Å². The van der Waals surface area contributed by atoms with Crippen LogP contribution < -0.4 is 15.4 Å². The zero-order valence-corrected chi connectivity index (χ0v) is 10.2. The second-order valence-corrected chi connectivity index (χ2v) is 3.80. The summed E-state index contributed by atoms with van der Waals surface area (Å²) < 4.78 is 5.46. The minimum Gasteiger partial charge on any atom is -0.489 e. The van der Waals surface area contributed by atoms with Crippen molar-refractivity contribution in [2.75, 3.05) is 25.5 Å². The number of carbonyl (C=O) groups is 1. The van der Waals surface area contributed by atoms with Crippen LogP contribution in [0.1, 0.15) is 6.92 Å². The minimum atomic E-state index is -0.0485. The first-order chi connectivity index (χ1) is 8.11. The third-order valence-electron chi connectivity index (χ3n) is 2.07. The number of likely N-dealkylation sites (N-methyl/N-ethyl adjacent to an activating group) is 1. The lowest BCUT2D eigenvalue weighted by Gasteiger charge is -2.08. The SMILES string of the molecule is C=C(C)COc1ccc(NCC(=O)NC)cc1. The van der Waals surface area contributed by atoms with Crippen LogP contribution in [0.2, 0.25) is 0 Å². The molecule has 1 amide bonds. The molecule has 0 radical (unpaired) electrons. The summed E-state index contributed by atoms with van der Waals surface area (Å²) >= 11 is 0. The van der Waals surface area contributed by atoms with Gasteiger partial charge in [-0.3, -0.25) is 4.79 Å². The lowest BCUT2D eigenvalue weighted by Crippen LogP contribution is -2.26. The van der Waals surface area contributed by atoms with Crippen molar-refractivity contribution in [3.8, 4) is 5.75 Å². The van der Waals surface area contributed by atoms with Gasteiger partial charge < -0.3 is 15.4 Å². The van der Waals surface area contributed by atoms with Crippen molar-refractivity contribution < 1.29 is 9.53 Å². The molecule has 0 aliphatic heterocycles. The molecule has 1 aromatic carbocycles. The molecule has 0 aromatic heterocycles. The van der Waals surface area contributed by atoms with Gasteiger partial charge in [-0.05, 0) is 36.8 Å². The van der Waals surface area contributed by atoms with E-state index in [1.165, 1.54) is 0 Å². The van der Waals surface area contributed by atoms with Crippen LogP contribution in [0.3, 0.4) is 0 Å². The summed E-state index contributed by atoms with van der Waals surface area (Å²) in [5.41, 5.74) is 1.86. The molecule has 0 saturated heterocycles. The molecule has 2 N–H and O–H groups in total. The van der Waals surface area contributed by atoms with Gasteiger partial charge in [0.25, 0.3) is 0 Å². The third-order valence-corrected chi connectivity index (χ3v) is 2.07. The summed E-state index contributed by atoms with van der Waals surface area (Å²) in [6.07, 6.45) is 0. The van der Waals surface area contributed by atoms with Gasteiger partial charge in [0.15, 0.2) is 0 Å². The smallest absolute Gasteiger partial charge is 0.239 e. The number of amides is 1. The molecule has 4 heteroatoms. The van der Waals surface area contributed by atoms with Gasteiger partial charge in [0.2, 0.25) is 5.91 Å². The van der Waals surface area contributed by atoms with Crippen LogP contribution in [0.25, 0.3) is 0 Å². The number of hydrogen-bond donors (Lipinski definition) is 2. The van der Waals surface area contributed by atoms with Gasteiger partial charge in [-0.15, -0.1) is 0 Å². The van der Waals surface area contributed by atoms with Crippen molar-refractivity contribution in [1.82, 2.24) is 5.32 Å². The lowest BCUT2D eigenvalue weighted by molar-refractivity contribution is -0.118. The van der Waals surface area contributed by atoms with Gasteiger partial charge in [0, 0.05) is 12.7 Å². The molecule has 1 rings (SSSR count). The Kier molecular flexibility index (Phi) is 5.07. The molecule has 0 bridgehead atoms. The second kappa shape index (κ2) is 6.58. The summed E-state index contributed by atoms with van der Waals surface area (Å²) in [6.45, 7) is 6.47. The van der Waals surface area contributed by atoms with Crippen molar-refractivity contribution in [3.63, 3.8) is 0 Å². The molecule has 92 valence electrons. The minimum absolute atomic E-state index is 0.0485. The van der Waals surface area contributed by atoms with E-state index in [1.807, 2.05) is 31.2 Å². The number of hydrogen-bond acceptors (Lipinski definition) is 3. The fourth-order valence-corrected chi connectivity index (χ4v) is 1.15. The van der Waals surface area contributed by atoms with Crippen molar-refractivity contribution in [3.05, 3.63) is 36.4 Å². The monoisotopic (exact) mass is 234 g/mol. The molecule has 17 heavy (non-hydrogen) atoms. The maximum absolute atomic E-state index is 11.0. The van der Waals surface area contributed by atoms with Gasteiger partial charge in [0.1, 0.15) is 12.4 Å². The standard InChI is InChI=1S/C13H18N2O2/c1-10(2)9-17-12-6-4-11(5-7-12)15-8-13(16)14-3/h4-7,15H,1,8-9H2,2-3H3,(H,14,16). The average molecular weight is 234 g/mol. The highest BCUT2D eigenvalue weighted by molar-refractivity contribution is 5.80. The Hall–Kier alpha value is -1.97. The summed E-state index contributed by atoms with van der Waals surface area (Å²) in [7, 11) is 1.61. The maximum atomic E-state index is 11.0. The molecule has 4 nitrogen and oxygen atoms in total.